The molecule has 1 atom stereocenters. The highest BCUT2D eigenvalue weighted by atomic mass is 16.5. The van der Waals surface area contributed by atoms with Crippen LogP contribution in [0.1, 0.15) is 32.3 Å². The lowest BCUT2D eigenvalue weighted by Gasteiger charge is -2.33. The van der Waals surface area contributed by atoms with Gasteiger partial charge in [0.15, 0.2) is 6.10 Å². The summed E-state index contributed by atoms with van der Waals surface area (Å²) < 4.78 is 11.5. The molecule has 6 nitrogen and oxygen atoms in total. The molecule has 0 fully saturated rings. The summed E-state index contributed by atoms with van der Waals surface area (Å²) in [7, 11) is 0. The number of anilines is 2. The second-order valence-electron chi connectivity index (χ2n) is 6.89. The number of carbonyl (C=O) groups excluding carboxylic acids is 2. The fourth-order valence-electron chi connectivity index (χ4n) is 3.06. The van der Waals surface area contributed by atoms with E-state index in [1.54, 1.807) is 30.0 Å². The molecule has 6 heteroatoms. The molecule has 2 aromatic carbocycles. The summed E-state index contributed by atoms with van der Waals surface area (Å²) in [5.74, 6) is 1.21. The maximum Gasteiger partial charge on any atom is 0.267 e. The van der Waals surface area contributed by atoms with Gasteiger partial charge in [-0.15, -0.1) is 0 Å². The fraction of sp³-hybridized carbons (Fsp3) is 0.364. The van der Waals surface area contributed by atoms with Crippen molar-refractivity contribution in [3.05, 3.63) is 48.0 Å². The minimum absolute atomic E-state index is 0.0480. The second-order valence-corrected chi connectivity index (χ2v) is 6.89. The maximum atomic E-state index is 12.7. The van der Waals surface area contributed by atoms with Crippen LogP contribution in [0.3, 0.4) is 0 Å². The second kappa shape index (κ2) is 8.78. The zero-order valence-electron chi connectivity index (χ0n) is 16.5. The molecule has 0 aliphatic carbocycles. The monoisotopic (exact) mass is 382 g/mol. The summed E-state index contributed by atoms with van der Waals surface area (Å²) >= 11 is 0. The Morgan fingerprint density at radius 1 is 1.21 bits per heavy atom. The first kappa shape index (κ1) is 19.7. The van der Waals surface area contributed by atoms with Crippen LogP contribution in [0.2, 0.25) is 0 Å². The van der Waals surface area contributed by atoms with E-state index in [9.17, 15) is 9.59 Å². The number of hydrogen-bond donors (Lipinski definition) is 1. The molecule has 1 N–H and O–H groups in total. The lowest BCUT2D eigenvalue weighted by Crippen LogP contribution is -2.46. The molecule has 0 aromatic heterocycles. The van der Waals surface area contributed by atoms with E-state index in [2.05, 4.69) is 5.32 Å². The Bertz CT molecular complexity index is 848. The number of ether oxygens (including phenoxy) is 2. The molecule has 28 heavy (non-hydrogen) atoms. The van der Waals surface area contributed by atoms with Gasteiger partial charge in [0.05, 0.1) is 12.2 Å². The van der Waals surface area contributed by atoms with Crippen LogP contribution < -0.4 is 19.7 Å². The van der Waals surface area contributed by atoms with Gasteiger partial charge in [-0.2, -0.15) is 0 Å². The number of aryl methyl sites for hydroxylation is 1. The highest BCUT2D eigenvalue weighted by Gasteiger charge is 2.31. The number of amides is 2. The number of hydrogen-bond acceptors (Lipinski definition) is 4. The van der Waals surface area contributed by atoms with Gasteiger partial charge in [0.25, 0.3) is 5.91 Å². The van der Waals surface area contributed by atoms with E-state index >= 15 is 0 Å². The Kier molecular flexibility index (Phi) is 6.19. The molecule has 3 rings (SSSR count). The van der Waals surface area contributed by atoms with E-state index in [0.29, 0.717) is 36.7 Å². The van der Waals surface area contributed by atoms with E-state index in [1.165, 1.54) is 0 Å². The predicted molar refractivity (Wildman–Crippen MR) is 109 cm³/mol. The first-order chi connectivity index (χ1) is 13.5. The molecular weight excluding hydrogens is 356 g/mol. The minimum atomic E-state index is -0.563. The summed E-state index contributed by atoms with van der Waals surface area (Å²) in [6.45, 7) is 6.45. The molecular formula is C22H26N2O4. The maximum absolute atomic E-state index is 12.7. The van der Waals surface area contributed by atoms with E-state index in [1.807, 2.05) is 38.1 Å². The van der Waals surface area contributed by atoms with Crippen LogP contribution in [0.5, 0.6) is 11.5 Å². The molecule has 0 bridgehead atoms. The van der Waals surface area contributed by atoms with Crippen molar-refractivity contribution in [3.8, 4) is 11.5 Å². The van der Waals surface area contributed by atoms with Gasteiger partial charge < -0.3 is 19.7 Å². The molecule has 2 aromatic rings. The van der Waals surface area contributed by atoms with Gasteiger partial charge >= 0.3 is 0 Å². The third-order valence-electron chi connectivity index (χ3n) is 4.53. The average molecular weight is 382 g/mol. The van der Waals surface area contributed by atoms with Crippen molar-refractivity contribution in [2.75, 3.05) is 23.4 Å². The van der Waals surface area contributed by atoms with E-state index in [0.717, 1.165) is 17.7 Å². The van der Waals surface area contributed by atoms with Gasteiger partial charge in [0, 0.05) is 12.1 Å². The first-order valence-electron chi connectivity index (χ1n) is 9.59. The third-order valence-corrected chi connectivity index (χ3v) is 4.53. The average Bonchev–Trinajstić information content (AvgIpc) is 2.67. The molecule has 2 amide bonds. The fourth-order valence-corrected chi connectivity index (χ4v) is 3.06. The zero-order valence-corrected chi connectivity index (χ0v) is 16.5. The Morgan fingerprint density at radius 3 is 2.68 bits per heavy atom. The van der Waals surface area contributed by atoms with Crippen LogP contribution in [0, 0.1) is 6.92 Å². The van der Waals surface area contributed by atoms with Crippen molar-refractivity contribution in [3.63, 3.8) is 0 Å². The van der Waals surface area contributed by atoms with Gasteiger partial charge in [0.2, 0.25) is 5.91 Å². The number of fused-ring (bicyclic) bond motifs is 1. The van der Waals surface area contributed by atoms with Gasteiger partial charge in [-0.1, -0.05) is 24.6 Å². The number of carbonyl (C=O) groups is 2. The summed E-state index contributed by atoms with van der Waals surface area (Å²) in [6.07, 6.45) is 0.670. The molecule has 0 radical (unpaired) electrons. The van der Waals surface area contributed by atoms with Crippen LogP contribution in [0.4, 0.5) is 11.4 Å². The molecule has 0 spiro atoms. The van der Waals surface area contributed by atoms with E-state index in [4.69, 9.17) is 9.47 Å². The lowest BCUT2D eigenvalue weighted by atomic mass is 10.1. The molecule has 1 aliphatic heterocycles. The quantitative estimate of drug-likeness (QED) is 0.788. The molecule has 1 unspecified atom stereocenters. The summed E-state index contributed by atoms with van der Waals surface area (Å²) in [4.78, 5) is 26.2. The Morgan fingerprint density at radius 2 is 1.96 bits per heavy atom. The standard InChI is InChI=1S/C22H26N2O4/c1-4-5-21(25)23-17-8-11-20-19(14-17)24(22(26)16(3)28-20)12-13-27-18-9-6-15(2)7-10-18/h6-11,14,16H,4-5,12-13H2,1-3H3,(H,23,25). The van der Waals surface area contributed by atoms with Crippen molar-refractivity contribution in [2.24, 2.45) is 0 Å². The lowest BCUT2D eigenvalue weighted by molar-refractivity contribution is -0.125. The van der Waals surface area contributed by atoms with Crippen LogP contribution in [0.15, 0.2) is 42.5 Å². The van der Waals surface area contributed by atoms with E-state index < -0.39 is 6.10 Å². The van der Waals surface area contributed by atoms with Gasteiger partial charge in [-0.25, -0.2) is 0 Å². The SMILES string of the molecule is CCCC(=O)Nc1ccc2c(c1)N(CCOc1ccc(C)cc1)C(=O)C(C)O2. The summed E-state index contributed by atoms with van der Waals surface area (Å²) in [5, 5.41) is 2.86. The molecule has 1 heterocycles. The number of benzene rings is 2. The Balaban J connectivity index is 1.73. The zero-order chi connectivity index (χ0) is 20.1. The molecule has 148 valence electrons. The van der Waals surface area contributed by atoms with Crippen molar-refractivity contribution in [2.45, 2.75) is 39.7 Å². The number of nitrogens with zero attached hydrogens (tertiary/aromatic N) is 1. The van der Waals surface area contributed by atoms with Crippen LogP contribution in [-0.4, -0.2) is 31.1 Å². The molecule has 0 saturated heterocycles. The van der Waals surface area contributed by atoms with Crippen LogP contribution >= 0.6 is 0 Å². The van der Waals surface area contributed by atoms with Crippen molar-refractivity contribution < 1.29 is 19.1 Å². The largest absolute Gasteiger partial charge is 0.492 e. The van der Waals surface area contributed by atoms with Gasteiger partial charge in [0.1, 0.15) is 18.1 Å². The van der Waals surface area contributed by atoms with Crippen LogP contribution in [-0.2, 0) is 9.59 Å². The molecule has 0 saturated carbocycles. The van der Waals surface area contributed by atoms with Crippen molar-refractivity contribution in [1.29, 1.82) is 0 Å². The van der Waals surface area contributed by atoms with Crippen molar-refractivity contribution >= 4 is 23.2 Å². The van der Waals surface area contributed by atoms with Gasteiger partial charge in [-0.3, -0.25) is 9.59 Å². The summed E-state index contributed by atoms with van der Waals surface area (Å²) in [6, 6.07) is 13.1. The summed E-state index contributed by atoms with van der Waals surface area (Å²) in [5.41, 5.74) is 2.45. The highest BCUT2D eigenvalue weighted by Crippen LogP contribution is 2.36. The number of rotatable bonds is 7. The van der Waals surface area contributed by atoms with E-state index in [-0.39, 0.29) is 11.8 Å². The third kappa shape index (κ3) is 4.63. The van der Waals surface area contributed by atoms with Gasteiger partial charge in [-0.05, 0) is 50.6 Å². The first-order valence-corrected chi connectivity index (χ1v) is 9.59. The number of nitrogens with one attached hydrogen (secondary N) is 1. The minimum Gasteiger partial charge on any atom is -0.492 e. The molecule has 1 aliphatic rings. The predicted octanol–water partition coefficient (Wildman–Crippen LogP) is 3.93. The highest BCUT2D eigenvalue weighted by molar-refractivity contribution is 6.01. The smallest absolute Gasteiger partial charge is 0.267 e. The normalized spacial score (nSPS) is 15.6. The Hall–Kier alpha value is -3.02. The van der Waals surface area contributed by atoms with Crippen LogP contribution in [0.25, 0.3) is 0 Å². The topological polar surface area (TPSA) is 67.9 Å². The Labute approximate surface area is 165 Å². The van der Waals surface area contributed by atoms with Crippen molar-refractivity contribution in [1.82, 2.24) is 0 Å².